The Hall–Kier alpha value is -2.70. The summed E-state index contributed by atoms with van der Waals surface area (Å²) in [5.74, 6) is 0.898. The van der Waals surface area contributed by atoms with Gasteiger partial charge < -0.3 is 9.30 Å². The average Bonchev–Trinajstić information content (AvgIpc) is 3.04. The minimum atomic E-state index is -4.44. The summed E-state index contributed by atoms with van der Waals surface area (Å²) in [6.07, 6.45) is -4.44. The molecule has 1 heterocycles. The number of nitrogens with zero attached hydrogens (tertiary/aromatic N) is 2. The number of alkyl halides is 3. The van der Waals surface area contributed by atoms with Crippen molar-refractivity contribution < 1.29 is 17.9 Å². The molecular weight excluding hydrogens is 436 g/mol. The lowest BCUT2D eigenvalue weighted by molar-refractivity contribution is -0.137. The molecular formula is C22H15Cl2F3N2O. The van der Waals surface area contributed by atoms with Gasteiger partial charge in [0.2, 0.25) is 0 Å². The van der Waals surface area contributed by atoms with Crippen LogP contribution in [0.2, 0.25) is 10.0 Å². The maximum Gasteiger partial charge on any atom is 0.416 e. The first-order valence-electron chi connectivity index (χ1n) is 8.99. The Balaban J connectivity index is 1.72. The Kier molecular flexibility index (Phi) is 5.62. The zero-order chi connectivity index (χ0) is 21.3. The fourth-order valence-corrected chi connectivity index (χ4v) is 3.61. The standard InChI is InChI=1S/C22H15Cl2F3N2O/c23-16-7-9-20(17(24)11-16)30-13-21-28-18-10-15(22(25,26)27)6-8-19(18)29(21)12-14-4-2-1-3-5-14/h1-11H,12-13H2. The van der Waals surface area contributed by atoms with Crippen LogP contribution in [0.3, 0.4) is 0 Å². The SMILES string of the molecule is FC(F)(F)c1ccc2c(c1)nc(COc1ccc(Cl)cc1Cl)n2Cc1ccccc1. The molecule has 30 heavy (non-hydrogen) atoms. The largest absolute Gasteiger partial charge is 0.484 e. The predicted molar refractivity (Wildman–Crippen MR) is 111 cm³/mol. The van der Waals surface area contributed by atoms with Crippen LogP contribution in [0.15, 0.2) is 66.7 Å². The van der Waals surface area contributed by atoms with Gasteiger partial charge in [-0.15, -0.1) is 0 Å². The smallest absolute Gasteiger partial charge is 0.416 e. The molecule has 3 aromatic carbocycles. The van der Waals surface area contributed by atoms with Crippen LogP contribution < -0.4 is 4.74 Å². The van der Waals surface area contributed by atoms with Crippen LogP contribution in [0, 0.1) is 0 Å². The lowest BCUT2D eigenvalue weighted by Crippen LogP contribution is -2.08. The van der Waals surface area contributed by atoms with E-state index in [0.29, 0.717) is 33.7 Å². The first-order valence-corrected chi connectivity index (χ1v) is 9.75. The third-order valence-electron chi connectivity index (χ3n) is 4.59. The molecule has 0 unspecified atom stereocenters. The van der Waals surface area contributed by atoms with E-state index in [1.165, 1.54) is 6.07 Å². The second kappa shape index (κ2) is 8.20. The maximum atomic E-state index is 13.1. The van der Waals surface area contributed by atoms with Crippen LogP contribution in [0.1, 0.15) is 17.0 Å². The van der Waals surface area contributed by atoms with Gasteiger partial charge in [-0.25, -0.2) is 4.98 Å². The number of halogens is 5. The molecule has 0 radical (unpaired) electrons. The van der Waals surface area contributed by atoms with E-state index in [1.54, 1.807) is 18.2 Å². The number of imidazole rings is 1. The minimum absolute atomic E-state index is 0.0320. The fourth-order valence-electron chi connectivity index (χ4n) is 3.14. The number of rotatable bonds is 5. The molecule has 0 atom stereocenters. The third-order valence-corrected chi connectivity index (χ3v) is 5.12. The summed E-state index contributed by atoms with van der Waals surface area (Å²) in [7, 11) is 0. The van der Waals surface area contributed by atoms with Gasteiger partial charge in [0, 0.05) is 11.6 Å². The summed E-state index contributed by atoms with van der Waals surface area (Å²) >= 11 is 12.1. The van der Waals surface area contributed by atoms with Crippen LogP contribution in [0.5, 0.6) is 5.75 Å². The van der Waals surface area contributed by atoms with Crippen molar-refractivity contribution in [1.82, 2.24) is 9.55 Å². The van der Waals surface area contributed by atoms with E-state index in [0.717, 1.165) is 17.7 Å². The van der Waals surface area contributed by atoms with Crippen molar-refractivity contribution in [2.45, 2.75) is 19.3 Å². The van der Waals surface area contributed by atoms with Crippen molar-refractivity contribution >= 4 is 34.2 Å². The van der Waals surface area contributed by atoms with Crippen molar-refractivity contribution in [3.8, 4) is 5.75 Å². The van der Waals surface area contributed by atoms with E-state index < -0.39 is 11.7 Å². The van der Waals surface area contributed by atoms with E-state index in [4.69, 9.17) is 27.9 Å². The molecule has 0 saturated carbocycles. The quantitative estimate of drug-likeness (QED) is 0.327. The molecule has 0 amide bonds. The van der Waals surface area contributed by atoms with Crippen LogP contribution in [0.25, 0.3) is 11.0 Å². The summed E-state index contributed by atoms with van der Waals surface area (Å²) in [4.78, 5) is 4.41. The lowest BCUT2D eigenvalue weighted by Gasteiger charge is -2.12. The van der Waals surface area contributed by atoms with E-state index in [-0.39, 0.29) is 12.1 Å². The zero-order valence-electron chi connectivity index (χ0n) is 15.5. The Morgan fingerprint density at radius 2 is 1.70 bits per heavy atom. The Morgan fingerprint density at radius 3 is 2.40 bits per heavy atom. The minimum Gasteiger partial charge on any atom is -0.484 e. The van der Waals surface area contributed by atoms with Gasteiger partial charge in [-0.05, 0) is 42.0 Å². The number of ether oxygens (including phenoxy) is 1. The number of aromatic nitrogens is 2. The van der Waals surface area contributed by atoms with Gasteiger partial charge in [0.05, 0.1) is 21.6 Å². The lowest BCUT2D eigenvalue weighted by atomic mass is 10.2. The van der Waals surface area contributed by atoms with E-state index in [9.17, 15) is 13.2 Å². The number of hydrogen-bond donors (Lipinski definition) is 0. The molecule has 1 aromatic heterocycles. The molecule has 0 spiro atoms. The van der Waals surface area contributed by atoms with Gasteiger partial charge in [0.15, 0.2) is 0 Å². The molecule has 0 fully saturated rings. The van der Waals surface area contributed by atoms with E-state index in [2.05, 4.69) is 4.98 Å². The summed E-state index contributed by atoms with van der Waals surface area (Å²) in [5, 5.41) is 0.816. The van der Waals surface area contributed by atoms with Gasteiger partial charge in [-0.2, -0.15) is 13.2 Å². The highest BCUT2D eigenvalue weighted by Gasteiger charge is 2.31. The van der Waals surface area contributed by atoms with Gasteiger partial charge in [-0.1, -0.05) is 53.5 Å². The molecule has 154 valence electrons. The van der Waals surface area contributed by atoms with E-state index >= 15 is 0 Å². The summed E-state index contributed by atoms with van der Waals surface area (Å²) in [6, 6.07) is 18.0. The van der Waals surface area contributed by atoms with Crippen molar-refractivity contribution in [2.24, 2.45) is 0 Å². The second-order valence-corrected chi connectivity index (χ2v) is 7.51. The van der Waals surface area contributed by atoms with Crippen LogP contribution in [-0.4, -0.2) is 9.55 Å². The molecule has 0 aliphatic rings. The monoisotopic (exact) mass is 450 g/mol. The highest BCUT2D eigenvalue weighted by atomic mass is 35.5. The Labute approximate surface area is 180 Å². The molecule has 0 bridgehead atoms. The van der Waals surface area contributed by atoms with Crippen molar-refractivity contribution in [3.63, 3.8) is 0 Å². The molecule has 4 rings (SSSR count). The highest BCUT2D eigenvalue weighted by Crippen LogP contribution is 2.32. The molecule has 0 aliphatic carbocycles. The molecule has 0 N–H and O–H groups in total. The van der Waals surface area contributed by atoms with Crippen molar-refractivity contribution in [2.75, 3.05) is 0 Å². The van der Waals surface area contributed by atoms with Crippen molar-refractivity contribution in [1.29, 1.82) is 0 Å². The predicted octanol–water partition coefficient (Wildman–Crippen LogP) is 6.99. The fraction of sp³-hybridized carbons (Fsp3) is 0.136. The normalized spacial score (nSPS) is 11.8. The topological polar surface area (TPSA) is 27.1 Å². The number of fused-ring (bicyclic) bond motifs is 1. The Bertz CT molecular complexity index is 1190. The summed E-state index contributed by atoms with van der Waals surface area (Å²) in [5.41, 5.74) is 1.09. The molecule has 0 saturated heterocycles. The molecule has 8 heteroatoms. The Morgan fingerprint density at radius 1 is 0.933 bits per heavy atom. The number of hydrogen-bond acceptors (Lipinski definition) is 2. The van der Waals surface area contributed by atoms with Gasteiger partial charge in [-0.3, -0.25) is 0 Å². The van der Waals surface area contributed by atoms with Crippen molar-refractivity contribution in [3.05, 3.63) is 93.7 Å². The van der Waals surface area contributed by atoms with Crippen LogP contribution in [-0.2, 0) is 19.3 Å². The average molecular weight is 451 g/mol. The number of benzene rings is 3. The van der Waals surface area contributed by atoms with Gasteiger partial charge in [0.25, 0.3) is 0 Å². The maximum absolute atomic E-state index is 13.1. The molecule has 4 aromatic rings. The zero-order valence-corrected chi connectivity index (χ0v) is 17.0. The second-order valence-electron chi connectivity index (χ2n) is 6.66. The summed E-state index contributed by atoms with van der Waals surface area (Å²) < 4.78 is 47.0. The van der Waals surface area contributed by atoms with E-state index in [1.807, 2.05) is 34.9 Å². The highest BCUT2D eigenvalue weighted by molar-refractivity contribution is 6.35. The first-order chi connectivity index (χ1) is 14.3. The summed E-state index contributed by atoms with van der Waals surface area (Å²) in [6.45, 7) is 0.472. The third kappa shape index (κ3) is 4.40. The molecule has 3 nitrogen and oxygen atoms in total. The molecule has 0 aliphatic heterocycles. The first kappa shape index (κ1) is 20.6. The van der Waals surface area contributed by atoms with Crippen LogP contribution >= 0.6 is 23.2 Å². The van der Waals surface area contributed by atoms with Crippen LogP contribution in [0.4, 0.5) is 13.2 Å². The van der Waals surface area contributed by atoms with Gasteiger partial charge >= 0.3 is 6.18 Å². The van der Waals surface area contributed by atoms with Gasteiger partial charge in [0.1, 0.15) is 18.2 Å².